The number of rotatable bonds is 5. The molecule has 116 valence electrons. The molecule has 0 aliphatic carbocycles. The van der Waals surface area contributed by atoms with Crippen molar-refractivity contribution in [2.45, 2.75) is 18.2 Å². The summed E-state index contributed by atoms with van der Waals surface area (Å²) in [6.45, 7) is 2.31. The van der Waals surface area contributed by atoms with Gasteiger partial charge in [0.2, 0.25) is 5.12 Å². The first-order valence-corrected chi connectivity index (χ1v) is 7.95. The van der Waals surface area contributed by atoms with Gasteiger partial charge in [-0.3, -0.25) is 4.79 Å². The molecule has 2 aromatic rings. The van der Waals surface area contributed by atoms with Gasteiger partial charge in [0.05, 0.1) is 23.8 Å². The first kappa shape index (κ1) is 16.8. The third-order valence-corrected chi connectivity index (χ3v) is 3.92. The topological polar surface area (TPSA) is 67.2 Å². The number of benzene rings is 2. The van der Waals surface area contributed by atoms with Crippen molar-refractivity contribution in [3.05, 3.63) is 65.2 Å². The van der Waals surface area contributed by atoms with E-state index in [1.807, 2.05) is 13.0 Å². The Labute approximate surface area is 139 Å². The highest BCUT2D eigenvalue weighted by atomic mass is 32.2. The molecular weight excluding hydrogens is 310 g/mol. The molecule has 0 heterocycles. The van der Waals surface area contributed by atoms with Crippen LogP contribution in [-0.2, 0) is 4.74 Å². The van der Waals surface area contributed by atoms with Crippen LogP contribution in [0.4, 0.5) is 0 Å². The third-order valence-electron chi connectivity index (χ3n) is 2.99. The van der Waals surface area contributed by atoms with Crippen LogP contribution in [0.15, 0.2) is 53.4 Å². The van der Waals surface area contributed by atoms with Crippen molar-refractivity contribution in [2.24, 2.45) is 0 Å². The summed E-state index contributed by atoms with van der Waals surface area (Å²) in [4.78, 5) is 24.7. The SMILES string of the molecule is CCCOC(=O)c1ccc(C(=O)Sc2ccc(C#N)cc2)cc1. The number of hydrogen-bond acceptors (Lipinski definition) is 5. The summed E-state index contributed by atoms with van der Waals surface area (Å²) in [5, 5.41) is 8.63. The molecule has 0 aliphatic heterocycles. The molecule has 2 rings (SSSR count). The van der Waals surface area contributed by atoms with Crippen molar-refractivity contribution in [2.75, 3.05) is 6.61 Å². The Morgan fingerprint density at radius 3 is 2.22 bits per heavy atom. The molecule has 23 heavy (non-hydrogen) atoms. The number of carbonyl (C=O) groups excluding carboxylic acids is 2. The molecule has 0 spiro atoms. The highest BCUT2D eigenvalue weighted by Crippen LogP contribution is 2.23. The minimum absolute atomic E-state index is 0.122. The number of ether oxygens (including phenoxy) is 1. The number of carbonyl (C=O) groups is 2. The van der Waals surface area contributed by atoms with E-state index in [0.29, 0.717) is 23.3 Å². The first-order chi connectivity index (χ1) is 11.1. The fourth-order valence-electron chi connectivity index (χ4n) is 1.78. The first-order valence-electron chi connectivity index (χ1n) is 7.13. The molecule has 2 aromatic carbocycles. The van der Waals surface area contributed by atoms with Gasteiger partial charge in [0.1, 0.15) is 0 Å². The average Bonchev–Trinajstić information content (AvgIpc) is 2.60. The molecule has 0 fully saturated rings. The second kappa shape index (κ2) is 8.16. The van der Waals surface area contributed by atoms with Crippen LogP contribution in [0.2, 0.25) is 0 Å². The van der Waals surface area contributed by atoms with Crippen LogP contribution in [0.3, 0.4) is 0 Å². The third kappa shape index (κ3) is 4.70. The summed E-state index contributed by atoms with van der Waals surface area (Å²) in [6.07, 6.45) is 0.767. The van der Waals surface area contributed by atoms with Gasteiger partial charge in [0, 0.05) is 10.5 Å². The Kier molecular flexibility index (Phi) is 5.95. The average molecular weight is 325 g/mol. The largest absolute Gasteiger partial charge is 0.462 e. The maximum Gasteiger partial charge on any atom is 0.338 e. The van der Waals surface area contributed by atoms with Crippen molar-refractivity contribution < 1.29 is 14.3 Å². The van der Waals surface area contributed by atoms with Gasteiger partial charge in [-0.2, -0.15) is 5.26 Å². The highest BCUT2D eigenvalue weighted by Gasteiger charge is 2.11. The zero-order valence-corrected chi connectivity index (χ0v) is 13.4. The van der Waals surface area contributed by atoms with E-state index in [-0.39, 0.29) is 11.1 Å². The van der Waals surface area contributed by atoms with Crippen LogP contribution in [0.25, 0.3) is 0 Å². The van der Waals surface area contributed by atoms with Gasteiger partial charge in [0.15, 0.2) is 0 Å². The number of thioether (sulfide) groups is 1. The molecule has 0 aliphatic rings. The van der Waals surface area contributed by atoms with Gasteiger partial charge in [-0.25, -0.2) is 4.79 Å². The van der Waals surface area contributed by atoms with E-state index in [1.54, 1.807) is 48.5 Å². The molecule has 0 radical (unpaired) electrons. The number of hydrogen-bond donors (Lipinski definition) is 0. The molecule has 0 amide bonds. The highest BCUT2D eigenvalue weighted by molar-refractivity contribution is 8.14. The Morgan fingerprint density at radius 1 is 1.04 bits per heavy atom. The fourth-order valence-corrected chi connectivity index (χ4v) is 2.52. The molecular formula is C18H15NO3S. The van der Waals surface area contributed by atoms with Crippen LogP contribution in [0, 0.1) is 11.3 Å². The lowest BCUT2D eigenvalue weighted by atomic mass is 10.1. The van der Waals surface area contributed by atoms with Gasteiger partial charge in [-0.05, 0) is 66.7 Å². The molecule has 0 N–H and O–H groups in total. The van der Waals surface area contributed by atoms with E-state index in [2.05, 4.69) is 0 Å². The zero-order valence-electron chi connectivity index (χ0n) is 12.6. The maximum atomic E-state index is 12.2. The van der Waals surface area contributed by atoms with Gasteiger partial charge in [-0.1, -0.05) is 6.92 Å². The van der Waals surface area contributed by atoms with Gasteiger partial charge >= 0.3 is 5.97 Å². The zero-order chi connectivity index (χ0) is 16.7. The van der Waals surface area contributed by atoms with Crippen LogP contribution in [0.1, 0.15) is 39.6 Å². The summed E-state index contributed by atoms with van der Waals surface area (Å²) in [6, 6.07) is 15.2. The molecule has 5 heteroatoms. The lowest BCUT2D eigenvalue weighted by Crippen LogP contribution is -2.06. The summed E-state index contributed by atoms with van der Waals surface area (Å²) in [5.41, 5.74) is 1.49. The van der Waals surface area contributed by atoms with Crippen LogP contribution >= 0.6 is 11.8 Å². The van der Waals surface area contributed by atoms with Crippen LogP contribution in [0.5, 0.6) is 0 Å². The van der Waals surface area contributed by atoms with Crippen molar-refractivity contribution in [1.29, 1.82) is 5.26 Å². The van der Waals surface area contributed by atoms with Gasteiger partial charge < -0.3 is 4.74 Å². The lowest BCUT2D eigenvalue weighted by Gasteiger charge is -2.04. The summed E-state index contributed by atoms with van der Waals surface area (Å²) in [5.74, 6) is -0.384. The predicted molar refractivity (Wildman–Crippen MR) is 88.4 cm³/mol. The molecule has 0 saturated heterocycles. The predicted octanol–water partition coefficient (Wildman–Crippen LogP) is 4.06. The molecule has 0 aromatic heterocycles. The van der Waals surface area contributed by atoms with Crippen LogP contribution < -0.4 is 0 Å². The Hall–Kier alpha value is -2.58. The van der Waals surface area contributed by atoms with Crippen molar-refractivity contribution in [3.8, 4) is 6.07 Å². The van der Waals surface area contributed by atoms with Crippen LogP contribution in [-0.4, -0.2) is 17.7 Å². The quantitative estimate of drug-likeness (QED) is 0.612. The summed E-state index contributed by atoms with van der Waals surface area (Å²) >= 11 is 1.08. The van der Waals surface area contributed by atoms with Gasteiger partial charge in [0.25, 0.3) is 0 Å². The smallest absolute Gasteiger partial charge is 0.338 e. The fraction of sp³-hybridized carbons (Fsp3) is 0.167. The maximum absolute atomic E-state index is 12.2. The Bertz CT molecular complexity index is 730. The normalized spacial score (nSPS) is 9.91. The minimum atomic E-state index is -0.384. The lowest BCUT2D eigenvalue weighted by molar-refractivity contribution is 0.0505. The number of nitrogens with zero attached hydrogens (tertiary/aromatic N) is 1. The Morgan fingerprint density at radius 2 is 1.65 bits per heavy atom. The standard InChI is InChI=1S/C18H15NO3S/c1-2-11-22-17(20)14-5-7-15(8-6-14)18(21)23-16-9-3-13(12-19)4-10-16/h3-10H,2,11H2,1H3. The van der Waals surface area contributed by atoms with Gasteiger partial charge in [-0.15, -0.1) is 0 Å². The summed E-state index contributed by atoms with van der Waals surface area (Å²) in [7, 11) is 0. The molecule has 0 atom stereocenters. The van der Waals surface area contributed by atoms with E-state index < -0.39 is 0 Å². The van der Waals surface area contributed by atoms with E-state index in [1.165, 1.54) is 0 Å². The van der Waals surface area contributed by atoms with E-state index in [4.69, 9.17) is 10.00 Å². The summed E-state index contributed by atoms with van der Waals surface area (Å²) < 4.78 is 5.04. The van der Waals surface area contributed by atoms with E-state index >= 15 is 0 Å². The molecule has 4 nitrogen and oxygen atoms in total. The number of esters is 1. The second-order valence-corrected chi connectivity index (χ2v) is 5.79. The monoisotopic (exact) mass is 325 g/mol. The second-order valence-electron chi connectivity index (χ2n) is 4.74. The molecule has 0 bridgehead atoms. The van der Waals surface area contributed by atoms with Crippen molar-refractivity contribution >= 4 is 22.8 Å². The van der Waals surface area contributed by atoms with E-state index in [9.17, 15) is 9.59 Å². The number of nitriles is 1. The molecule has 0 unspecified atom stereocenters. The molecule has 0 saturated carbocycles. The Balaban J connectivity index is 2.02. The van der Waals surface area contributed by atoms with E-state index in [0.717, 1.165) is 23.1 Å². The van der Waals surface area contributed by atoms with Crippen molar-refractivity contribution in [3.63, 3.8) is 0 Å². The van der Waals surface area contributed by atoms with Crippen molar-refractivity contribution in [1.82, 2.24) is 0 Å². The minimum Gasteiger partial charge on any atom is -0.462 e.